The number of aliphatic carboxylic acids is 1. The molecule has 1 atom stereocenters. The van der Waals surface area contributed by atoms with Crippen LogP contribution in [-0.2, 0) is 16.0 Å². The molecule has 1 amide bonds. The minimum absolute atomic E-state index is 0.259. The molecule has 0 unspecified atom stereocenters. The standard InChI is InChI=1S/C22H20N2O3S2/c1-23-11-5-8-16-12-14(9-10-17(16)23)13-18-20(25)24(22(28)29-18)19(21(26)27)15-6-3-2-4-7-15/h2-4,6-7,9-10,12-13,19H,5,8,11H2,1H3,(H,26,27)/b18-13-/t19-/m1/s1. The lowest BCUT2D eigenvalue weighted by atomic mass is 9.99. The number of hydrogen-bond acceptors (Lipinski definition) is 5. The van der Waals surface area contributed by atoms with Gasteiger partial charge in [-0.1, -0.05) is 60.4 Å². The molecule has 1 saturated heterocycles. The first-order valence-corrected chi connectivity index (χ1v) is 10.6. The molecule has 2 aromatic rings. The van der Waals surface area contributed by atoms with Gasteiger partial charge in [-0.3, -0.25) is 9.69 Å². The lowest BCUT2D eigenvalue weighted by molar-refractivity contribution is -0.145. The Morgan fingerprint density at radius 3 is 2.72 bits per heavy atom. The number of carbonyl (C=O) groups is 2. The molecule has 29 heavy (non-hydrogen) atoms. The van der Waals surface area contributed by atoms with Crippen molar-refractivity contribution in [2.45, 2.75) is 18.9 Å². The highest BCUT2D eigenvalue weighted by Gasteiger charge is 2.41. The number of carbonyl (C=O) groups excluding carboxylic acids is 1. The monoisotopic (exact) mass is 424 g/mol. The maximum Gasteiger partial charge on any atom is 0.331 e. The number of anilines is 1. The van der Waals surface area contributed by atoms with Crippen LogP contribution in [0, 0.1) is 0 Å². The zero-order chi connectivity index (χ0) is 20.5. The summed E-state index contributed by atoms with van der Waals surface area (Å²) in [7, 11) is 2.08. The molecule has 0 radical (unpaired) electrons. The van der Waals surface area contributed by atoms with E-state index in [0.29, 0.717) is 10.5 Å². The summed E-state index contributed by atoms with van der Waals surface area (Å²) in [6, 6.07) is 13.7. The van der Waals surface area contributed by atoms with E-state index in [1.54, 1.807) is 36.4 Å². The molecule has 0 saturated carbocycles. The lowest BCUT2D eigenvalue weighted by Crippen LogP contribution is -2.37. The summed E-state index contributed by atoms with van der Waals surface area (Å²) in [6.07, 6.45) is 3.92. The summed E-state index contributed by atoms with van der Waals surface area (Å²) in [5.74, 6) is -1.48. The fourth-order valence-corrected chi connectivity index (χ4v) is 5.10. The van der Waals surface area contributed by atoms with Gasteiger partial charge >= 0.3 is 5.97 Å². The van der Waals surface area contributed by atoms with Crippen LogP contribution >= 0.6 is 24.0 Å². The van der Waals surface area contributed by atoms with Gasteiger partial charge in [0.25, 0.3) is 5.91 Å². The van der Waals surface area contributed by atoms with E-state index in [1.165, 1.54) is 16.2 Å². The Morgan fingerprint density at radius 1 is 1.24 bits per heavy atom. The van der Waals surface area contributed by atoms with Gasteiger partial charge in [-0.05, 0) is 47.7 Å². The Morgan fingerprint density at radius 2 is 2.00 bits per heavy atom. The molecule has 1 fully saturated rings. The van der Waals surface area contributed by atoms with Gasteiger partial charge in [-0.25, -0.2) is 4.79 Å². The zero-order valence-electron chi connectivity index (χ0n) is 15.9. The van der Waals surface area contributed by atoms with E-state index >= 15 is 0 Å². The fraction of sp³-hybridized carbons (Fsp3) is 0.227. The van der Waals surface area contributed by atoms with Gasteiger partial charge in [0, 0.05) is 19.3 Å². The van der Waals surface area contributed by atoms with Gasteiger partial charge in [-0.2, -0.15) is 0 Å². The van der Waals surface area contributed by atoms with Crippen molar-refractivity contribution in [3.8, 4) is 0 Å². The van der Waals surface area contributed by atoms with E-state index in [4.69, 9.17) is 12.2 Å². The van der Waals surface area contributed by atoms with Crippen LogP contribution in [0.4, 0.5) is 5.69 Å². The minimum Gasteiger partial charge on any atom is -0.479 e. The topological polar surface area (TPSA) is 60.9 Å². The van der Waals surface area contributed by atoms with Crippen molar-refractivity contribution >= 4 is 51.9 Å². The van der Waals surface area contributed by atoms with Crippen molar-refractivity contribution in [3.63, 3.8) is 0 Å². The molecule has 0 bridgehead atoms. The minimum atomic E-state index is -1.13. The summed E-state index contributed by atoms with van der Waals surface area (Å²) < 4.78 is 0.259. The summed E-state index contributed by atoms with van der Waals surface area (Å²) in [6.45, 7) is 1.04. The molecule has 4 rings (SSSR count). The Balaban J connectivity index is 1.65. The number of fused-ring (bicyclic) bond motifs is 1. The van der Waals surface area contributed by atoms with E-state index in [-0.39, 0.29) is 10.2 Å². The van der Waals surface area contributed by atoms with Crippen LogP contribution in [0.2, 0.25) is 0 Å². The third kappa shape index (κ3) is 3.80. The van der Waals surface area contributed by atoms with Crippen LogP contribution in [0.25, 0.3) is 6.08 Å². The van der Waals surface area contributed by atoms with Gasteiger partial charge in [0.05, 0.1) is 4.91 Å². The number of amides is 1. The Bertz CT molecular complexity index is 1020. The number of carboxylic acid groups (broad SMARTS) is 1. The number of benzene rings is 2. The quantitative estimate of drug-likeness (QED) is 0.589. The van der Waals surface area contributed by atoms with E-state index in [0.717, 1.165) is 36.7 Å². The lowest BCUT2D eigenvalue weighted by Gasteiger charge is -2.27. The summed E-state index contributed by atoms with van der Waals surface area (Å²) in [5, 5.41) is 9.77. The van der Waals surface area contributed by atoms with E-state index in [1.807, 2.05) is 6.07 Å². The van der Waals surface area contributed by atoms with E-state index < -0.39 is 12.0 Å². The number of hydrogen-bond donors (Lipinski definition) is 1. The van der Waals surface area contributed by atoms with Crippen molar-refractivity contribution in [3.05, 3.63) is 70.1 Å². The van der Waals surface area contributed by atoms with Crippen molar-refractivity contribution in [2.75, 3.05) is 18.5 Å². The molecule has 0 aromatic heterocycles. The molecule has 0 spiro atoms. The van der Waals surface area contributed by atoms with Gasteiger partial charge in [0.2, 0.25) is 0 Å². The predicted octanol–water partition coefficient (Wildman–Crippen LogP) is 4.10. The second kappa shape index (κ2) is 8.00. The normalized spacial score (nSPS) is 18.9. The second-order valence-corrected chi connectivity index (χ2v) is 8.79. The summed E-state index contributed by atoms with van der Waals surface area (Å²) >= 11 is 6.53. The highest BCUT2D eigenvalue weighted by molar-refractivity contribution is 8.26. The summed E-state index contributed by atoms with van der Waals surface area (Å²) in [4.78, 5) is 28.9. The van der Waals surface area contributed by atoms with Crippen LogP contribution in [0.1, 0.15) is 29.2 Å². The first kappa shape index (κ1) is 19.7. The maximum absolute atomic E-state index is 13.1. The number of nitrogens with zero attached hydrogens (tertiary/aromatic N) is 2. The van der Waals surface area contributed by atoms with Crippen molar-refractivity contribution in [2.24, 2.45) is 0 Å². The van der Waals surface area contributed by atoms with Crippen LogP contribution < -0.4 is 4.90 Å². The van der Waals surface area contributed by atoms with Crippen molar-refractivity contribution < 1.29 is 14.7 Å². The molecular weight excluding hydrogens is 404 g/mol. The van der Waals surface area contributed by atoms with Crippen LogP contribution in [0.15, 0.2) is 53.4 Å². The Labute approximate surface area is 179 Å². The van der Waals surface area contributed by atoms with Gasteiger partial charge in [0.15, 0.2) is 6.04 Å². The molecule has 148 valence electrons. The molecule has 5 nitrogen and oxygen atoms in total. The number of thioether (sulfide) groups is 1. The molecule has 2 heterocycles. The molecule has 7 heteroatoms. The van der Waals surface area contributed by atoms with E-state index in [2.05, 4.69) is 24.1 Å². The molecule has 1 N–H and O–H groups in total. The first-order chi connectivity index (χ1) is 14.0. The Hall–Kier alpha value is -2.64. The molecule has 2 aliphatic heterocycles. The molecule has 2 aromatic carbocycles. The average molecular weight is 425 g/mol. The first-order valence-electron chi connectivity index (χ1n) is 9.34. The second-order valence-electron chi connectivity index (χ2n) is 7.12. The number of aryl methyl sites for hydroxylation is 1. The zero-order valence-corrected chi connectivity index (χ0v) is 17.5. The van der Waals surface area contributed by atoms with Crippen LogP contribution in [-0.4, -0.2) is 39.8 Å². The van der Waals surface area contributed by atoms with Crippen LogP contribution in [0.5, 0.6) is 0 Å². The number of thiocarbonyl (C=S) groups is 1. The third-order valence-corrected chi connectivity index (χ3v) is 6.51. The van der Waals surface area contributed by atoms with Gasteiger partial charge in [-0.15, -0.1) is 0 Å². The van der Waals surface area contributed by atoms with Crippen LogP contribution in [0.3, 0.4) is 0 Å². The smallest absolute Gasteiger partial charge is 0.331 e. The molecular formula is C22H20N2O3S2. The highest BCUT2D eigenvalue weighted by Crippen LogP contribution is 2.39. The van der Waals surface area contributed by atoms with E-state index in [9.17, 15) is 14.7 Å². The SMILES string of the molecule is CN1CCCc2cc(/C=C3\SC(=S)N([C@@H](C(=O)O)c4ccccc4)C3=O)ccc21. The maximum atomic E-state index is 13.1. The average Bonchev–Trinajstić information content (AvgIpc) is 2.97. The molecule has 0 aliphatic carbocycles. The Kier molecular flexibility index (Phi) is 5.43. The highest BCUT2D eigenvalue weighted by atomic mass is 32.2. The van der Waals surface area contributed by atoms with Crippen molar-refractivity contribution in [1.29, 1.82) is 0 Å². The van der Waals surface area contributed by atoms with Gasteiger partial charge in [0.1, 0.15) is 4.32 Å². The molecule has 2 aliphatic rings. The third-order valence-electron chi connectivity index (χ3n) is 5.18. The fourth-order valence-electron chi connectivity index (χ4n) is 3.79. The number of rotatable bonds is 4. The summed E-state index contributed by atoms with van der Waals surface area (Å²) in [5.41, 5.74) is 3.92. The number of carboxylic acids is 1. The van der Waals surface area contributed by atoms with Crippen molar-refractivity contribution in [1.82, 2.24) is 4.90 Å². The largest absolute Gasteiger partial charge is 0.479 e. The van der Waals surface area contributed by atoms with Gasteiger partial charge < -0.3 is 10.0 Å². The predicted molar refractivity (Wildman–Crippen MR) is 120 cm³/mol.